The van der Waals surface area contributed by atoms with Gasteiger partial charge in [0.2, 0.25) is 0 Å². The average molecular weight is 483 g/mol. The van der Waals surface area contributed by atoms with Crippen LogP contribution >= 0.6 is 0 Å². The van der Waals surface area contributed by atoms with Crippen molar-refractivity contribution in [3.63, 3.8) is 0 Å². The molecule has 0 saturated heterocycles. The van der Waals surface area contributed by atoms with Gasteiger partial charge in [-0.3, -0.25) is 14.4 Å². The predicted molar refractivity (Wildman–Crippen MR) is 141 cm³/mol. The summed E-state index contributed by atoms with van der Waals surface area (Å²) in [7, 11) is 3.33. The highest BCUT2D eigenvalue weighted by molar-refractivity contribution is 5.98. The van der Waals surface area contributed by atoms with E-state index in [4.69, 9.17) is 4.74 Å². The average Bonchev–Trinajstić information content (AvgIpc) is 3.26. The van der Waals surface area contributed by atoms with Gasteiger partial charge in [0.1, 0.15) is 11.3 Å². The summed E-state index contributed by atoms with van der Waals surface area (Å²) in [6.07, 6.45) is 3.36. The Morgan fingerprint density at radius 3 is 2.17 bits per heavy atom. The molecule has 1 aromatic carbocycles. The first-order chi connectivity index (χ1) is 17.1. The number of pyridine rings is 3. The Balaban J connectivity index is 1.78. The lowest BCUT2D eigenvalue weighted by Gasteiger charge is -2.17. The third-order valence-corrected chi connectivity index (χ3v) is 6.33. The van der Waals surface area contributed by atoms with Crippen LogP contribution in [0.1, 0.15) is 16.8 Å². The van der Waals surface area contributed by atoms with Crippen LogP contribution in [0.2, 0.25) is 0 Å². The minimum absolute atomic E-state index is 0.135. The van der Waals surface area contributed by atoms with E-state index in [1.54, 1.807) is 33.4 Å². The lowest BCUT2D eigenvalue weighted by atomic mass is 10.0. The van der Waals surface area contributed by atoms with Crippen LogP contribution in [-0.4, -0.2) is 19.1 Å². The molecule has 0 aliphatic heterocycles. The molecule has 5 rings (SSSR count). The van der Waals surface area contributed by atoms with E-state index in [0.717, 1.165) is 11.1 Å². The van der Waals surface area contributed by atoms with Crippen LogP contribution in [0.3, 0.4) is 0 Å². The van der Waals surface area contributed by atoms with Crippen molar-refractivity contribution in [3.8, 4) is 34.0 Å². The molecular formula is C28H26N4O4. The number of hydrogen-bond donors (Lipinski definition) is 2. The summed E-state index contributed by atoms with van der Waals surface area (Å²) in [6, 6.07) is 12.2. The summed E-state index contributed by atoms with van der Waals surface area (Å²) in [5.74, 6) is 1.20. The van der Waals surface area contributed by atoms with Gasteiger partial charge < -0.3 is 23.8 Å². The highest BCUT2D eigenvalue weighted by Gasteiger charge is 2.19. The van der Waals surface area contributed by atoms with E-state index in [-0.39, 0.29) is 16.5 Å². The molecule has 0 saturated carbocycles. The summed E-state index contributed by atoms with van der Waals surface area (Å²) in [4.78, 5) is 44.2. The molecule has 182 valence electrons. The van der Waals surface area contributed by atoms with E-state index in [1.807, 2.05) is 38.1 Å². The van der Waals surface area contributed by atoms with Gasteiger partial charge in [0, 0.05) is 60.7 Å². The molecule has 0 atom stereocenters. The third kappa shape index (κ3) is 3.96. The first-order valence-electron chi connectivity index (χ1n) is 11.5. The molecule has 8 nitrogen and oxygen atoms in total. The number of nitrogens with zero attached hydrogens (tertiary/aromatic N) is 2. The molecule has 0 amide bonds. The molecule has 36 heavy (non-hydrogen) atoms. The maximum absolute atomic E-state index is 13.0. The molecule has 4 heterocycles. The van der Waals surface area contributed by atoms with Crippen LogP contribution in [0.4, 0.5) is 0 Å². The van der Waals surface area contributed by atoms with Gasteiger partial charge in [0.25, 0.3) is 11.1 Å². The van der Waals surface area contributed by atoms with Crippen molar-refractivity contribution in [1.82, 2.24) is 19.1 Å². The Kier molecular flexibility index (Phi) is 5.51. The summed E-state index contributed by atoms with van der Waals surface area (Å²) in [6.45, 7) is 5.74. The molecule has 0 aliphatic carbocycles. The number of hydrogen-bond acceptors (Lipinski definition) is 4. The SMILES string of the molecule is Cc1cc(=O)cc(-c2cc3c(-c4cc(=O)n(C)cc4Oc4c(C)cccc4C)cn(C)c(=O)c3[nH]2)[nH]1. The van der Waals surface area contributed by atoms with Crippen LogP contribution in [-0.2, 0) is 14.1 Å². The van der Waals surface area contributed by atoms with Crippen molar-refractivity contribution in [2.75, 3.05) is 0 Å². The summed E-state index contributed by atoms with van der Waals surface area (Å²) in [5.41, 5.74) is 4.82. The number of aromatic amines is 2. The smallest absolute Gasteiger partial charge is 0.274 e. The molecule has 8 heteroatoms. The number of rotatable bonds is 4. The monoisotopic (exact) mass is 482 g/mol. The predicted octanol–water partition coefficient (Wildman–Crippen LogP) is 4.31. The number of aromatic nitrogens is 4. The van der Waals surface area contributed by atoms with Gasteiger partial charge >= 0.3 is 0 Å². The topological polar surface area (TPSA) is 102 Å². The van der Waals surface area contributed by atoms with Crippen LogP contribution in [0.25, 0.3) is 33.4 Å². The summed E-state index contributed by atoms with van der Waals surface area (Å²) >= 11 is 0. The van der Waals surface area contributed by atoms with Crippen molar-refractivity contribution in [1.29, 1.82) is 0 Å². The van der Waals surface area contributed by atoms with E-state index >= 15 is 0 Å². The number of para-hydroxylation sites is 1. The molecule has 0 radical (unpaired) electrons. The maximum Gasteiger partial charge on any atom is 0.274 e. The molecule has 4 aromatic heterocycles. The standard InChI is InChI=1S/C28H26N4O4/c1-15-7-6-8-16(2)27(15)36-24-14-31(4)25(34)12-19(24)21-13-32(5)28(35)26-20(21)11-23(30-26)22-10-18(33)9-17(3)29-22/h6-14,30H,1-5H3,(H,29,33). The zero-order chi connectivity index (χ0) is 25.7. The van der Waals surface area contributed by atoms with Crippen molar-refractivity contribution in [2.45, 2.75) is 20.8 Å². The number of benzene rings is 1. The van der Waals surface area contributed by atoms with Gasteiger partial charge in [-0.25, -0.2) is 0 Å². The maximum atomic E-state index is 13.0. The largest absolute Gasteiger partial charge is 0.455 e. The number of nitrogens with one attached hydrogen (secondary N) is 2. The first kappa shape index (κ1) is 23.2. The lowest BCUT2D eigenvalue weighted by molar-refractivity contribution is 0.470. The van der Waals surface area contributed by atoms with Gasteiger partial charge in [-0.05, 0) is 38.0 Å². The van der Waals surface area contributed by atoms with E-state index < -0.39 is 0 Å². The van der Waals surface area contributed by atoms with Crippen molar-refractivity contribution < 1.29 is 4.74 Å². The van der Waals surface area contributed by atoms with Crippen molar-refractivity contribution >= 4 is 10.9 Å². The summed E-state index contributed by atoms with van der Waals surface area (Å²) in [5, 5.41) is 0.620. The Bertz CT molecular complexity index is 1820. The minimum Gasteiger partial charge on any atom is -0.455 e. The fourth-order valence-corrected chi connectivity index (χ4v) is 4.49. The zero-order valence-corrected chi connectivity index (χ0v) is 20.7. The molecule has 0 unspecified atom stereocenters. The highest BCUT2D eigenvalue weighted by Crippen LogP contribution is 2.38. The second kappa shape index (κ2) is 8.57. The highest BCUT2D eigenvalue weighted by atomic mass is 16.5. The van der Waals surface area contributed by atoms with Crippen molar-refractivity contribution in [3.05, 3.63) is 103 Å². The molecular weight excluding hydrogens is 456 g/mol. The number of fused-ring (bicyclic) bond motifs is 1. The molecule has 0 spiro atoms. The Morgan fingerprint density at radius 1 is 0.778 bits per heavy atom. The lowest BCUT2D eigenvalue weighted by Crippen LogP contribution is -2.18. The van der Waals surface area contributed by atoms with Gasteiger partial charge in [0.15, 0.2) is 11.2 Å². The second-order valence-corrected chi connectivity index (χ2v) is 9.17. The van der Waals surface area contributed by atoms with Crippen LogP contribution in [0.15, 0.2) is 69.2 Å². The fraction of sp³-hybridized carbons (Fsp3) is 0.179. The van der Waals surface area contributed by atoms with Gasteiger partial charge in [-0.15, -0.1) is 0 Å². The van der Waals surface area contributed by atoms with E-state index in [2.05, 4.69) is 9.97 Å². The van der Waals surface area contributed by atoms with Gasteiger partial charge in [0.05, 0.1) is 17.6 Å². The van der Waals surface area contributed by atoms with Gasteiger partial charge in [-0.1, -0.05) is 18.2 Å². The second-order valence-electron chi connectivity index (χ2n) is 9.17. The van der Waals surface area contributed by atoms with Crippen LogP contribution < -0.4 is 21.3 Å². The summed E-state index contributed by atoms with van der Waals surface area (Å²) < 4.78 is 9.33. The molecule has 0 bridgehead atoms. The number of H-pyrrole nitrogens is 2. The normalized spacial score (nSPS) is 11.2. The van der Waals surface area contributed by atoms with E-state index in [0.29, 0.717) is 50.6 Å². The third-order valence-electron chi connectivity index (χ3n) is 6.33. The minimum atomic E-state index is -0.226. The zero-order valence-electron chi connectivity index (χ0n) is 20.7. The Morgan fingerprint density at radius 2 is 1.47 bits per heavy atom. The molecule has 5 aromatic rings. The van der Waals surface area contributed by atoms with Gasteiger partial charge in [-0.2, -0.15) is 0 Å². The molecule has 2 N–H and O–H groups in total. The Hall–Kier alpha value is -4.59. The first-order valence-corrected chi connectivity index (χ1v) is 11.5. The van der Waals surface area contributed by atoms with Crippen LogP contribution in [0, 0.1) is 20.8 Å². The molecule has 0 aliphatic rings. The van der Waals surface area contributed by atoms with Crippen molar-refractivity contribution in [2.24, 2.45) is 14.1 Å². The van der Waals surface area contributed by atoms with E-state index in [1.165, 1.54) is 27.3 Å². The van der Waals surface area contributed by atoms with E-state index in [9.17, 15) is 14.4 Å². The molecule has 0 fully saturated rings. The Labute approximate surface area is 206 Å². The number of aryl methyl sites for hydroxylation is 5. The van der Waals surface area contributed by atoms with Crippen LogP contribution in [0.5, 0.6) is 11.5 Å². The quantitative estimate of drug-likeness (QED) is 0.399. The number of ether oxygens (including phenoxy) is 1. The fourth-order valence-electron chi connectivity index (χ4n) is 4.49.